The number of rotatable bonds is 3. The fourth-order valence-corrected chi connectivity index (χ4v) is 2.18. The zero-order chi connectivity index (χ0) is 10.9. The van der Waals surface area contributed by atoms with Gasteiger partial charge < -0.3 is 10.5 Å². The molecule has 2 rings (SSSR count). The van der Waals surface area contributed by atoms with Gasteiger partial charge in [-0.05, 0) is 25.3 Å². The van der Waals surface area contributed by atoms with Crippen LogP contribution in [-0.2, 0) is 4.74 Å². The van der Waals surface area contributed by atoms with Crippen LogP contribution in [0.4, 0.5) is 4.39 Å². The number of ether oxygens (including phenoxy) is 1. The van der Waals surface area contributed by atoms with E-state index in [4.69, 9.17) is 10.5 Å². The van der Waals surface area contributed by atoms with Gasteiger partial charge in [0.05, 0.1) is 11.6 Å². The average molecular weight is 209 g/mol. The van der Waals surface area contributed by atoms with Crippen molar-refractivity contribution in [1.29, 1.82) is 0 Å². The van der Waals surface area contributed by atoms with Crippen molar-refractivity contribution in [1.82, 2.24) is 0 Å². The highest BCUT2D eigenvalue weighted by Crippen LogP contribution is 2.43. The van der Waals surface area contributed by atoms with Crippen LogP contribution in [0.2, 0.25) is 0 Å². The molecule has 15 heavy (non-hydrogen) atoms. The monoisotopic (exact) mass is 209 g/mol. The van der Waals surface area contributed by atoms with Gasteiger partial charge in [-0.2, -0.15) is 0 Å². The Hall–Kier alpha value is -0.930. The Kier molecular flexibility index (Phi) is 2.76. The maximum absolute atomic E-state index is 13.5. The zero-order valence-corrected chi connectivity index (χ0v) is 8.87. The van der Waals surface area contributed by atoms with Crippen molar-refractivity contribution >= 4 is 0 Å². The van der Waals surface area contributed by atoms with Crippen LogP contribution >= 0.6 is 0 Å². The molecule has 1 saturated carbocycles. The number of benzene rings is 1. The third kappa shape index (κ3) is 1.66. The van der Waals surface area contributed by atoms with Gasteiger partial charge in [-0.25, -0.2) is 4.39 Å². The molecule has 1 fully saturated rings. The van der Waals surface area contributed by atoms with Gasteiger partial charge in [-0.3, -0.25) is 0 Å². The summed E-state index contributed by atoms with van der Waals surface area (Å²) in [6.07, 6.45) is 2.94. The number of nitrogens with two attached hydrogens (primary N) is 1. The molecule has 82 valence electrons. The Balaban J connectivity index is 2.27. The van der Waals surface area contributed by atoms with E-state index in [9.17, 15) is 4.39 Å². The van der Waals surface area contributed by atoms with Crippen LogP contribution in [-0.4, -0.2) is 12.7 Å². The van der Waals surface area contributed by atoms with E-state index in [1.807, 2.05) is 0 Å². The van der Waals surface area contributed by atoms with E-state index in [-0.39, 0.29) is 17.5 Å². The van der Waals surface area contributed by atoms with Crippen molar-refractivity contribution in [3.63, 3.8) is 0 Å². The van der Waals surface area contributed by atoms with E-state index in [1.165, 1.54) is 6.07 Å². The molecule has 0 bridgehead atoms. The van der Waals surface area contributed by atoms with Crippen molar-refractivity contribution in [3.8, 4) is 0 Å². The summed E-state index contributed by atoms with van der Waals surface area (Å²) in [5.41, 5.74) is 6.29. The van der Waals surface area contributed by atoms with Crippen molar-refractivity contribution in [2.45, 2.75) is 30.9 Å². The first-order chi connectivity index (χ1) is 7.19. The van der Waals surface area contributed by atoms with E-state index in [1.54, 1.807) is 25.3 Å². The number of methoxy groups -OCH3 is 1. The quantitative estimate of drug-likeness (QED) is 0.829. The molecular formula is C12H16FNO. The van der Waals surface area contributed by atoms with Crippen LogP contribution in [0.3, 0.4) is 0 Å². The standard InChI is InChI=1S/C12H16FNO/c1-15-12(7-4-8-12)11(14)9-5-2-3-6-10(9)13/h2-3,5-6,11H,4,7-8,14H2,1H3. The summed E-state index contributed by atoms with van der Waals surface area (Å²) in [4.78, 5) is 0. The van der Waals surface area contributed by atoms with Crippen LogP contribution in [0.25, 0.3) is 0 Å². The molecule has 1 atom stereocenters. The first kappa shape index (κ1) is 10.6. The predicted molar refractivity (Wildman–Crippen MR) is 56.9 cm³/mol. The second kappa shape index (κ2) is 3.91. The fourth-order valence-electron chi connectivity index (χ4n) is 2.18. The van der Waals surface area contributed by atoms with Crippen molar-refractivity contribution < 1.29 is 9.13 Å². The largest absolute Gasteiger partial charge is 0.376 e. The minimum absolute atomic E-state index is 0.242. The zero-order valence-electron chi connectivity index (χ0n) is 8.87. The third-order valence-corrected chi connectivity index (χ3v) is 3.41. The predicted octanol–water partition coefficient (Wildman–Crippen LogP) is 2.39. The van der Waals surface area contributed by atoms with Crippen LogP contribution in [0.15, 0.2) is 24.3 Å². The van der Waals surface area contributed by atoms with E-state index in [0.717, 1.165) is 19.3 Å². The molecule has 0 radical (unpaired) electrons. The molecule has 2 N–H and O–H groups in total. The van der Waals surface area contributed by atoms with E-state index >= 15 is 0 Å². The lowest BCUT2D eigenvalue weighted by Gasteiger charge is -2.45. The van der Waals surface area contributed by atoms with E-state index < -0.39 is 0 Å². The summed E-state index contributed by atoms with van der Waals surface area (Å²) in [6.45, 7) is 0. The van der Waals surface area contributed by atoms with E-state index in [0.29, 0.717) is 5.56 Å². The van der Waals surface area contributed by atoms with Crippen LogP contribution in [0.5, 0.6) is 0 Å². The molecule has 1 aromatic carbocycles. The second-order valence-corrected chi connectivity index (χ2v) is 4.12. The molecule has 0 heterocycles. The lowest BCUT2D eigenvalue weighted by atomic mass is 9.72. The number of hydrogen-bond acceptors (Lipinski definition) is 2. The van der Waals surface area contributed by atoms with Gasteiger partial charge in [-0.15, -0.1) is 0 Å². The average Bonchev–Trinajstić information content (AvgIpc) is 2.17. The highest BCUT2D eigenvalue weighted by Gasteiger charge is 2.44. The molecule has 0 spiro atoms. The van der Waals surface area contributed by atoms with Crippen LogP contribution in [0.1, 0.15) is 30.9 Å². The minimum Gasteiger partial charge on any atom is -0.376 e. The maximum atomic E-state index is 13.5. The summed E-state index contributed by atoms with van der Waals surface area (Å²) in [7, 11) is 1.65. The van der Waals surface area contributed by atoms with Crippen LogP contribution in [0, 0.1) is 5.82 Å². The fraction of sp³-hybridized carbons (Fsp3) is 0.500. The summed E-state index contributed by atoms with van der Waals surface area (Å²) < 4.78 is 19.0. The summed E-state index contributed by atoms with van der Waals surface area (Å²) in [5.74, 6) is -0.242. The Morgan fingerprint density at radius 2 is 2.07 bits per heavy atom. The molecule has 1 unspecified atom stereocenters. The number of hydrogen-bond donors (Lipinski definition) is 1. The molecular weight excluding hydrogens is 193 g/mol. The lowest BCUT2D eigenvalue weighted by molar-refractivity contribution is -0.0917. The topological polar surface area (TPSA) is 35.2 Å². The minimum atomic E-state index is -0.363. The first-order valence-electron chi connectivity index (χ1n) is 5.25. The Labute approximate surface area is 89.2 Å². The van der Waals surface area contributed by atoms with Gasteiger partial charge >= 0.3 is 0 Å². The van der Waals surface area contributed by atoms with E-state index in [2.05, 4.69) is 0 Å². The van der Waals surface area contributed by atoms with Gasteiger partial charge in [0, 0.05) is 12.7 Å². The van der Waals surface area contributed by atoms with Gasteiger partial charge in [0.2, 0.25) is 0 Å². The Morgan fingerprint density at radius 3 is 2.53 bits per heavy atom. The van der Waals surface area contributed by atoms with Crippen LogP contribution < -0.4 is 5.73 Å². The summed E-state index contributed by atoms with van der Waals surface area (Å²) in [5, 5.41) is 0. The van der Waals surface area contributed by atoms with Crippen molar-refractivity contribution in [3.05, 3.63) is 35.6 Å². The van der Waals surface area contributed by atoms with Gasteiger partial charge in [0.25, 0.3) is 0 Å². The molecule has 1 aliphatic rings. The Bertz CT molecular complexity index is 344. The highest BCUT2D eigenvalue weighted by molar-refractivity contribution is 5.25. The molecule has 1 aromatic rings. The number of halogens is 1. The maximum Gasteiger partial charge on any atom is 0.128 e. The molecule has 0 aromatic heterocycles. The second-order valence-electron chi connectivity index (χ2n) is 4.12. The van der Waals surface area contributed by atoms with Gasteiger partial charge in [-0.1, -0.05) is 18.2 Å². The normalized spacial score (nSPS) is 20.7. The smallest absolute Gasteiger partial charge is 0.128 e. The summed E-state index contributed by atoms with van der Waals surface area (Å²) >= 11 is 0. The van der Waals surface area contributed by atoms with Crippen molar-refractivity contribution in [2.75, 3.05) is 7.11 Å². The van der Waals surface area contributed by atoms with Crippen molar-refractivity contribution in [2.24, 2.45) is 5.73 Å². The SMILES string of the molecule is COC1(C(N)c2ccccc2F)CCC1. The highest BCUT2D eigenvalue weighted by atomic mass is 19.1. The molecule has 1 aliphatic carbocycles. The molecule has 2 nitrogen and oxygen atoms in total. The summed E-state index contributed by atoms with van der Waals surface area (Å²) in [6, 6.07) is 6.29. The first-order valence-corrected chi connectivity index (χ1v) is 5.25. The molecule has 0 aliphatic heterocycles. The van der Waals surface area contributed by atoms with Gasteiger partial charge in [0.1, 0.15) is 5.82 Å². The molecule has 0 saturated heterocycles. The van der Waals surface area contributed by atoms with Gasteiger partial charge in [0.15, 0.2) is 0 Å². The third-order valence-electron chi connectivity index (χ3n) is 3.41. The Morgan fingerprint density at radius 1 is 1.40 bits per heavy atom. The molecule has 3 heteroatoms. The molecule has 0 amide bonds. The lowest BCUT2D eigenvalue weighted by Crippen LogP contribution is -2.48.